The Morgan fingerprint density at radius 3 is 2.48 bits per heavy atom. The third-order valence-corrected chi connectivity index (χ3v) is 5.90. The molecule has 0 atom stereocenters. The first kappa shape index (κ1) is 30.1. The zero-order chi connectivity index (χ0) is 30.8. The van der Waals surface area contributed by atoms with Crippen molar-refractivity contribution in [3.8, 4) is 5.82 Å². The van der Waals surface area contributed by atoms with E-state index in [1.54, 1.807) is 26.8 Å². The number of benzene rings is 1. The van der Waals surface area contributed by atoms with E-state index >= 15 is 0 Å². The van der Waals surface area contributed by atoms with Gasteiger partial charge in [0, 0.05) is 12.2 Å². The maximum Gasteiger partial charge on any atom is 0.455 e. The van der Waals surface area contributed by atoms with Crippen molar-refractivity contribution in [2.75, 3.05) is 12.4 Å². The van der Waals surface area contributed by atoms with Gasteiger partial charge < -0.3 is 15.4 Å². The van der Waals surface area contributed by atoms with Crippen LogP contribution in [-0.2, 0) is 17.5 Å². The number of amides is 2. The molecule has 0 fully saturated rings. The lowest BCUT2D eigenvalue weighted by atomic mass is 10.0. The van der Waals surface area contributed by atoms with Gasteiger partial charge in [-0.3, -0.25) is 9.59 Å². The number of halogens is 4. The van der Waals surface area contributed by atoms with Crippen molar-refractivity contribution in [2.24, 2.45) is 0 Å². The highest BCUT2D eigenvalue weighted by Crippen LogP contribution is 2.27. The molecule has 3 aromatic heterocycles. The predicted molar refractivity (Wildman–Crippen MR) is 141 cm³/mol. The molecule has 4 aromatic rings. The quantitative estimate of drug-likeness (QED) is 0.287. The van der Waals surface area contributed by atoms with Gasteiger partial charge in [-0.15, -0.1) is 10.2 Å². The Labute approximate surface area is 241 Å². The minimum absolute atomic E-state index is 0.00824. The van der Waals surface area contributed by atoms with Gasteiger partial charge in [-0.25, -0.2) is 14.5 Å². The molecule has 3 heterocycles. The van der Waals surface area contributed by atoms with Crippen LogP contribution < -0.4 is 10.6 Å². The van der Waals surface area contributed by atoms with Crippen LogP contribution in [0, 0.1) is 6.92 Å². The minimum atomic E-state index is -4.80. The molecule has 0 aliphatic carbocycles. The number of carbonyl (C=O) groups excluding carboxylic acids is 3. The summed E-state index contributed by atoms with van der Waals surface area (Å²) in [7, 11) is 1.20. The Hall–Kier alpha value is -4.86. The molecule has 0 radical (unpaired) electrons. The van der Waals surface area contributed by atoms with E-state index in [1.807, 2.05) is 0 Å². The van der Waals surface area contributed by atoms with Gasteiger partial charge in [-0.05, 0) is 61.9 Å². The van der Waals surface area contributed by atoms with Gasteiger partial charge in [0.05, 0.1) is 34.6 Å². The molecule has 0 saturated heterocycles. The number of hydrogen-bond donors (Lipinski definition) is 2. The lowest BCUT2D eigenvalue weighted by Crippen LogP contribution is -2.31. The number of nitrogens with one attached hydrogen (secondary N) is 2. The number of nitrogens with zero attached hydrogens (tertiary/aromatic N) is 7. The monoisotopic (exact) mass is 605 g/mol. The number of carbonyl (C=O) groups is 3. The third-order valence-electron chi connectivity index (χ3n) is 5.60. The highest BCUT2D eigenvalue weighted by atomic mass is 35.5. The number of alkyl halides is 3. The topological polar surface area (TPSA) is 159 Å². The standard InChI is InChI=1S/C25H23ClF3N9O4/c1-12(2)31-21(39)16-9-14(23(41)42-4)8-13(3)19(16)32-22(40)18-10-15(11-37-35-24(33-36-37)25(27,28)29)34-38(18)20-17(26)6-5-7-30-20/h5-10,12H,11H2,1-4H3,(H,31,39)(H,32,40). The average molecular weight is 606 g/mol. The van der Waals surface area contributed by atoms with Crippen LogP contribution in [0.2, 0.25) is 5.02 Å². The first-order chi connectivity index (χ1) is 19.8. The van der Waals surface area contributed by atoms with Crippen LogP contribution in [0.1, 0.15) is 62.1 Å². The van der Waals surface area contributed by atoms with Gasteiger partial charge in [0.1, 0.15) is 12.2 Å². The number of ether oxygens (including phenoxy) is 1. The molecular weight excluding hydrogens is 583 g/mol. The van der Waals surface area contributed by atoms with Gasteiger partial charge in [0.15, 0.2) is 5.82 Å². The number of esters is 1. The summed E-state index contributed by atoms with van der Waals surface area (Å²) in [5.74, 6) is -3.41. The maximum absolute atomic E-state index is 13.7. The van der Waals surface area contributed by atoms with Crippen molar-refractivity contribution >= 4 is 35.1 Å². The van der Waals surface area contributed by atoms with Gasteiger partial charge in [-0.1, -0.05) is 11.6 Å². The number of aryl methyl sites for hydroxylation is 1. The summed E-state index contributed by atoms with van der Waals surface area (Å²) in [5.41, 5.74) is 0.491. The molecule has 2 N–H and O–H groups in total. The lowest BCUT2D eigenvalue weighted by molar-refractivity contribution is -0.145. The minimum Gasteiger partial charge on any atom is -0.465 e. The molecule has 4 rings (SSSR count). The van der Waals surface area contributed by atoms with Crippen molar-refractivity contribution in [2.45, 2.75) is 39.5 Å². The predicted octanol–water partition coefficient (Wildman–Crippen LogP) is 3.46. The number of anilines is 1. The van der Waals surface area contributed by atoms with Crippen molar-refractivity contribution < 1.29 is 32.3 Å². The molecule has 1 aromatic carbocycles. The van der Waals surface area contributed by atoms with Gasteiger partial charge in [0.25, 0.3) is 17.6 Å². The van der Waals surface area contributed by atoms with Gasteiger partial charge in [-0.2, -0.15) is 23.1 Å². The number of aromatic nitrogens is 7. The molecule has 0 bridgehead atoms. The van der Waals surface area contributed by atoms with Crippen LogP contribution in [0.5, 0.6) is 0 Å². The highest BCUT2D eigenvalue weighted by Gasteiger charge is 2.37. The summed E-state index contributed by atoms with van der Waals surface area (Å²) in [6.45, 7) is 4.69. The Bertz CT molecular complexity index is 1670. The Kier molecular flexibility index (Phi) is 8.56. The first-order valence-electron chi connectivity index (χ1n) is 12.2. The number of methoxy groups -OCH3 is 1. The fraction of sp³-hybridized carbons (Fsp3) is 0.280. The number of rotatable bonds is 8. The second-order valence-corrected chi connectivity index (χ2v) is 9.58. The number of pyridine rings is 1. The lowest BCUT2D eigenvalue weighted by Gasteiger charge is -2.17. The molecule has 220 valence electrons. The smallest absolute Gasteiger partial charge is 0.455 e. The van der Waals surface area contributed by atoms with Crippen LogP contribution >= 0.6 is 11.6 Å². The zero-order valence-corrected chi connectivity index (χ0v) is 23.3. The summed E-state index contributed by atoms with van der Waals surface area (Å²) in [5, 5.41) is 19.5. The maximum atomic E-state index is 13.7. The van der Waals surface area contributed by atoms with Crippen molar-refractivity contribution in [3.63, 3.8) is 0 Å². The summed E-state index contributed by atoms with van der Waals surface area (Å²) in [4.78, 5) is 43.8. The number of hydrogen-bond acceptors (Lipinski definition) is 9. The largest absolute Gasteiger partial charge is 0.465 e. The van der Waals surface area contributed by atoms with Crippen molar-refractivity contribution in [1.82, 2.24) is 40.3 Å². The summed E-state index contributed by atoms with van der Waals surface area (Å²) >= 11 is 6.30. The first-order valence-corrected chi connectivity index (χ1v) is 12.6. The fourth-order valence-corrected chi connectivity index (χ4v) is 4.02. The van der Waals surface area contributed by atoms with Gasteiger partial charge >= 0.3 is 12.1 Å². The zero-order valence-electron chi connectivity index (χ0n) is 22.5. The Morgan fingerprint density at radius 1 is 1.12 bits per heavy atom. The SMILES string of the molecule is COC(=O)c1cc(C)c(NC(=O)c2cc(Cn3nnc(C(F)(F)F)n3)nn2-c2ncccc2Cl)c(C(=O)NC(C)C)c1. The molecule has 0 spiro atoms. The van der Waals surface area contributed by atoms with E-state index in [0.717, 1.165) is 4.68 Å². The fourth-order valence-electron chi connectivity index (χ4n) is 3.82. The summed E-state index contributed by atoms with van der Waals surface area (Å²) in [6.07, 6.45) is -3.39. The van der Waals surface area contributed by atoms with E-state index in [0.29, 0.717) is 10.4 Å². The molecule has 2 amide bonds. The second-order valence-electron chi connectivity index (χ2n) is 9.17. The van der Waals surface area contributed by atoms with Crippen LogP contribution in [0.4, 0.5) is 18.9 Å². The highest BCUT2D eigenvalue weighted by molar-refractivity contribution is 6.32. The average Bonchev–Trinajstić information content (AvgIpc) is 3.56. The van der Waals surface area contributed by atoms with E-state index in [-0.39, 0.29) is 51.6 Å². The van der Waals surface area contributed by atoms with E-state index in [2.05, 4.69) is 36.1 Å². The van der Waals surface area contributed by atoms with E-state index in [1.165, 1.54) is 37.6 Å². The molecule has 0 aliphatic rings. The van der Waals surface area contributed by atoms with Crippen molar-refractivity contribution in [1.29, 1.82) is 0 Å². The van der Waals surface area contributed by atoms with E-state index in [9.17, 15) is 27.6 Å². The van der Waals surface area contributed by atoms with Crippen LogP contribution in [0.3, 0.4) is 0 Å². The number of tetrazole rings is 1. The molecule has 42 heavy (non-hydrogen) atoms. The molecule has 13 nitrogen and oxygen atoms in total. The van der Waals surface area contributed by atoms with Crippen LogP contribution in [0.15, 0.2) is 36.5 Å². The molecule has 0 aliphatic heterocycles. The Morgan fingerprint density at radius 2 is 1.86 bits per heavy atom. The third kappa shape index (κ3) is 6.54. The normalized spacial score (nSPS) is 11.5. The van der Waals surface area contributed by atoms with Crippen LogP contribution in [-0.4, -0.2) is 65.9 Å². The summed E-state index contributed by atoms with van der Waals surface area (Å²) in [6, 6.07) is 6.82. The molecular formula is C25H23ClF3N9O4. The summed E-state index contributed by atoms with van der Waals surface area (Å²) < 4.78 is 44.7. The van der Waals surface area contributed by atoms with Crippen LogP contribution in [0.25, 0.3) is 5.82 Å². The second kappa shape index (κ2) is 11.9. The van der Waals surface area contributed by atoms with Crippen molar-refractivity contribution in [3.05, 3.63) is 75.5 Å². The molecule has 0 saturated carbocycles. The molecule has 17 heteroatoms. The van der Waals surface area contributed by atoms with E-state index in [4.69, 9.17) is 16.3 Å². The van der Waals surface area contributed by atoms with E-state index < -0.39 is 29.8 Å². The molecule has 0 unspecified atom stereocenters. The van der Waals surface area contributed by atoms with Gasteiger partial charge in [0.2, 0.25) is 0 Å². The Balaban J connectivity index is 1.77.